The van der Waals surface area contributed by atoms with Gasteiger partial charge in [-0.15, -0.1) is 0 Å². The van der Waals surface area contributed by atoms with Crippen LogP contribution in [0.5, 0.6) is 0 Å². The summed E-state index contributed by atoms with van der Waals surface area (Å²) in [5, 5.41) is 13.5. The molecule has 6 nitrogen and oxygen atoms in total. The van der Waals surface area contributed by atoms with Gasteiger partial charge in [-0.2, -0.15) is 0 Å². The first kappa shape index (κ1) is 18.2. The van der Waals surface area contributed by atoms with Gasteiger partial charge in [0.2, 0.25) is 0 Å². The predicted molar refractivity (Wildman–Crippen MR) is 105 cm³/mol. The lowest BCUT2D eigenvalue weighted by Gasteiger charge is -2.18. The number of carbonyl (C=O) groups is 2. The van der Waals surface area contributed by atoms with Gasteiger partial charge in [0.15, 0.2) is 0 Å². The van der Waals surface area contributed by atoms with Crippen LogP contribution in [0.2, 0.25) is 0 Å². The molecule has 0 aliphatic heterocycles. The monoisotopic (exact) mass is 394 g/mol. The fraction of sp³-hybridized carbons (Fsp3) is 0.190. The number of hydrogen-bond donors (Lipinski definition) is 2. The molecular formula is C21H18N2O4S. The summed E-state index contributed by atoms with van der Waals surface area (Å²) in [7, 11) is 0. The van der Waals surface area contributed by atoms with Crippen LogP contribution in [0.4, 0.5) is 4.79 Å². The Morgan fingerprint density at radius 2 is 1.75 bits per heavy atom. The third kappa shape index (κ3) is 3.61. The van der Waals surface area contributed by atoms with E-state index in [1.807, 2.05) is 36.4 Å². The number of carboxylic acids is 1. The van der Waals surface area contributed by atoms with Gasteiger partial charge in [-0.3, -0.25) is 4.79 Å². The Kier molecular flexibility index (Phi) is 5.08. The maximum atomic E-state index is 12.4. The van der Waals surface area contributed by atoms with E-state index in [9.17, 15) is 9.59 Å². The van der Waals surface area contributed by atoms with Crippen LogP contribution in [0.3, 0.4) is 0 Å². The average molecular weight is 394 g/mol. The summed E-state index contributed by atoms with van der Waals surface area (Å²) in [6, 6.07) is 15.5. The van der Waals surface area contributed by atoms with Crippen molar-refractivity contribution in [2.24, 2.45) is 0 Å². The highest BCUT2D eigenvalue weighted by molar-refractivity contribution is 7.03. The van der Waals surface area contributed by atoms with Gasteiger partial charge >= 0.3 is 12.1 Å². The van der Waals surface area contributed by atoms with E-state index in [1.54, 1.807) is 11.6 Å². The van der Waals surface area contributed by atoms with Crippen molar-refractivity contribution in [1.29, 1.82) is 0 Å². The number of aromatic nitrogens is 1. The molecular weight excluding hydrogens is 376 g/mol. The molecule has 3 aromatic rings. The Bertz CT molecular complexity index is 958. The van der Waals surface area contributed by atoms with E-state index >= 15 is 0 Å². The molecule has 4 rings (SSSR count). The lowest BCUT2D eigenvalue weighted by molar-refractivity contribution is -0.137. The van der Waals surface area contributed by atoms with Gasteiger partial charge in [0, 0.05) is 23.1 Å². The van der Waals surface area contributed by atoms with Crippen molar-refractivity contribution in [3.8, 4) is 11.1 Å². The van der Waals surface area contributed by atoms with E-state index in [0.29, 0.717) is 5.56 Å². The summed E-state index contributed by atoms with van der Waals surface area (Å²) >= 11 is 1.21. The van der Waals surface area contributed by atoms with E-state index in [4.69, 9.17) is 9.84 Å². The summed E-state index contributed by atoms with van der Waals surface area (Å²) in [5.74, 6) is -1.05. The highest BCUT2D eigenvalue weighted by atomic mass is 32.1. The molecule has 28 heavy (non-hydrogen) atoms. The molecule has 1 heterocycles. The van der Waals surface area contributed by atoms with Gasteiger partial charge in [-0.1, -0.05) is 48.5 Å². The van der Waals surface area contributed by atoms with Crippen molar-refractivity contribution < 1.29 is 19.4 Å². The van der Waals surface area contributed by atoms with Crippen LogP contribution < -0.4 is 5.32 Å². The molecule has 0 unspecified atom stereocenters. The van der Waals surface area contributed by atoms with E-state index in [0.717, 1.165) is 22.3 Å². The summed E-state index contributed by atoms with van der Waals surface area (Å²) in [6.07, 6.45) is 0.685. The van der Waals surface area contributed by atoms with E-state index in [2.05, 4.69) is 21.8 Å². The Hall–Kier alpha value is -3.19. The number of rotatable bonds is 6. The number of carbonyl (C=O) groups excluding carboxylic acids is 1. The van der Waals surface area contributed by atoms with E-state index < -0.39 is 18.1 Å². The molecule has 1 aliphatic carbocycles. The number of alkyl carbamates (subject to hydrolysis) is 1. The number of nitrogens with one attached hydrogen (secondary N) is 1. The minimum absolute atomic E-state index is 0.0427. The van der Waals surface area contributed by atoms with Crippen molar-refractivity contribution in [2.45, 2.75) is 18.4 Å². The summed E-state index contributed by atoms with van der Waals surface area (Å²) in [5.41, 5.74) is 5.21. The van der Waals surface area contributed by atoms with Crippen LogP contribution in [-0.2, 0) is 9.53 Å². The molecule has 0 spiro atoms. The number of aliphatic carboxylic acids is 1. The van der Waals surface area contributed by atoms with E-state index in [-0.39, 0.29) is 18.9 Å². The summed E-state index contributed by atoms with van der Waals surface area (Å²) < 4.78 is 9.46. The molecule has 0 saturated carbocycles. The second kappa shape index (κ2) is 7.82. The lowest BCUT2D eigenvalue weighted by Crippen LogP contribution is -2.31. The van der Waals surface area contributed by atoms with Crippen LogP contribution in [0.25, 0.3) is 11.1 Å². The smallest absolute Gasteiger partial charge is 0.407 e. The predicted octanol–water partition coefficient (Wildman–Crippen LogP) is 4.20. The number of nitrogens with zero attached hydrogens (tertiary/aromatic N) is 1. The molecule has 2 aromatic carbocycles. The standard InChI is InChI=1S/C21H18N2O4S/c24-20(25)9-19(13-10-22-28-12-13)23-21(26)27-11-18-16-7-3-1-5-14(16)15-6-2-4-8-17(15)18/h1-8,10,12,18-19H,9,11H2,(H,23,26)(H,24,25)/t19-/m1/s1. The van der Waals surface area contributed by atoms with Crippen LogP contribution >= 0.6 is 11.5 Å². The van der Waals surface area contributed by atoms with Crippen molar-refractivity contribution in [1.82, 2.24) is 9.69 Å². The van der Waals surface area contributed by atoms with Crippen molar-refractivity contribution in [3.05, 3.63) is 76.8 Å². The Morgan fingerprint density at radius 1 is 1.11 bits per heavy atom. The van der Waals surface area contributed by atoms with Crippen molar-refractivity contribution in [3.63, 3.8) is 0 Å². The first-order chi connectivity index (χ1) is 13.6. The van der Waals surface area contributed by atoms with Gasteiger partial charge in [0.1, 0.15) is 6.61 Å². The molecule has 1 aliphatic rings. The highest BCUT2D eigenvalue weighted by Crippen LogP contribution is 2.44. The molecule has 142 valence electrons. The minimum atomic E-state index is -1.00. The number of fused-ring (bicyclic) bond motifs is 3. The zero-order chi connectivity index (χ0) is 19.5. The summed E-state index contributed by atoms with van der Waals surface area (Å²) in [4.78, 5) is 23.5. The van der Waals surface area contributed by atoms with Gasteiger partial charge in [-0.05, 0) is 33.8 Å². The van der Waals surface area contributed by atoms with Gasteiger partial charge < -0.3 is 15.2 Å². The SMILES string of the molecule is O=C(O)C[C@@H](NC(=O)OCC1c2ccccc2-c2ccccc21)c1cnsc1. The molecule has 1 atom stereocenters. The van der Waals surface area contributed by atoms with Crippen molar-refractivity contribution in [2.75, 3.05) is 6.61 Å². The zero-order valence-corrected chi connectivity index (χ0v) is 15.7. The second-order valence-corrected chi connectivity index (χ2v) is 7.24. The molecule has 1 amide bonds. The average Bonchev–Trinajstić information content (AvgIpc) is 3.32. The Labute approximate surface area is 166 Å². The number of hydrogen-bond acceptors (Lipinski definition) is 5. The third-order valence-electron chi connectivity index (χ3n) is 4.87. The lowest BCUT2D eigenvalue weighted by atomic mass is 9.98. The van der Waals surface area contributed by atoms with E-state index in [1.165, 1.54) is 11.5 Å². The number of benzene rings is 2. The fourth-order valence-corrected chi connectivity index (χ4v) is 4.18. The maximum Gasteiger partial charge on any atom is 0.407 e. The topological polar surface area (TPSA) is 88.5 Å². The largest absolute Gasteiger partial charge is 0.481 e. The third-order valence-corrected chi connectivity index (χ3v) is 5.47. The van der Waals surface area contributed by atoms with Gasteiger partial charge in [0.25, 0.3) is 0 Å². The molecule has 0 fully saturated rings. The van der Waals surface area contributed by atoms with Gasteiger partial charge in [-0.25, -0.2) is 9.17 Å². The molecule has 1 aromatic heterocycles. The minimum Gasteiger partial charge on any atom is -0.481 e. The Balaban J connectivity index is 1.47. The first-order valence-corrected chi connectivity index (χ1v) is 9.69. The summed E-state index contributed by atoms with van der Waals surface area (Å²) in [6.45, 7) is 0.182. The molecule has 7 heteroatoms. The van der Waals surface area contributed by atoms with Crippen molar-refractivity contribution >= 4 is 23.6 Å². The molecule has 0 bridgehead atoms. The van der Waals surface area contributed by atoms with Gasteiger partial charge in [0.05, 0.1) is 12.5 Å². The normalized spacial score (nSPS) is 13.4. The highest BCUT2D eigenvalue weighted by Gasteiger charge is 2.29. The maximum absolute atomic E-state index is 12.4. The fourth-order valence-electron chi connectivity index (χ4n) is 3.59. The molecule has 0 saturated heterocycles. The number of amides is 1. The second-order valence-electron chi connectivity index (χ2n) is 6.58. The quantitative estimate of drug-likeness (QED) is 0.654. The van der Waals surface area contributed by atoms with Crippen LogP contribution in [-0.4, -0.2) is 28.1 Å². The number of carboxylic acid groups (broad SMARTS) is 1. The number of ether oxygens (including phenoxy) is 1. The Morgan fingerprint density at radius 3 is 2.32 bits per heavy atom. The van der Waals surface area contributed by atoms with Crippen LogP contribution in [0.15, 0.2) is 60.1 Å². The zero-order valence-electron chi connectivity index (χ0n) is 14.9. The first-order valence-electron chi connectivity index (χ1n) is 8.86. The van der Waals surface area contributed by atoms with Crippen LogP contribution in [0, 0.1) is 0 Å². The molecule has 2 N–H and O–H groups in total. The molecule has 0 radical (unpaired) electrons. The van der Waals surface area contributed by atoms with Crippen LogP contribution in [0.1, 0.15) is 35.1 Å².